The van der Waals surface area contributed by atoms with Gasteiger partial charge in [-0.3, -0.25) is 4.79 Å². The number of carbonyl (C=O) groups excluding carboxylic acids is 1. The molecule has 2 aromatic heterocycles. The van der Waals surface area contributed by atoms with Crippen molar-refractivity contribution in [1.82, 2.24) is 25.2 Å². The van der Waals surface area contributed by atoms with Crippen LogP contribution in [0, 0.1) is 0 Å². The van der Waals surface area contributed by atoms with Crippen LogP contribution >= 0.6 is 11.8 Å². The number of phenols is 1. The number of tetrazole rings is 1. The fraction of sp³-hybridized carbons (Fsp3) is 0.0769. The van der Waals surface area contributed by atoms with E-state index in [0.717, 1.165) is 0 Å². The second-order valence-electron chi connectivity index (χ2n) is 4.19. The molecule has 3 aromatic rings. The maximum absolute atomic E-state index is 11.9. The number of carbonyl (C=O) groups is 1. The monoisotopic (exact) mass is 301 g/mol. The molecule has 0 aliphatic heterocycles. The van der Waals surface area contributed by atoms with Gasteiger partial charge in [0, 0.05) is 6.20 Å². The molecule has 1 aromatic carbocycles. The Morgan fingerprint density at radius 3 is 2.81 bits per heavy atom. The number of aromatic nitrogens is 5. The van der Waals surface area contributed by atoms with Gasteiger partial charge in [0.25, 0.3) is 0 Å². The maximum Gasteiger partial charge on any atom is 0.214 e. The van der Waals surface area contributed by atoms with Crippen LogP contribution in [-0.4, -0.2) is 41.8 Å². The maximum atomic E-state index is 11.9. The molecule has 0 fully saturated rings. The third-order valence-corrected chi connectivity index (χ3v) is 3.69. The van der Waals surface area contributed by atoms with Crippen molar-refractivity contribution in [2.75, 3.05) is 5.75 Å². The van der Waals surface area contributed by atoms with Gasteiger partial charge in [0.1, 0.15) is 5.75 Å². The van der Waals surface area contributed by atoms with Crippen LogP contribution < -0.4 is 0 Å². The highest BCUT2D eigenvalue weighted by atomic mass is 32.2. The summed E-state index contributed by atoms with van der Waals surface area (Å²) in [5.41, 5.74) is 1.28. The molecule has 0 saturated heterocycles. The van der Waals surface area contributed by atoms with Crippen molar-refractivity contribution in [3.63, 3.8) is 0 Å². The van der Waals surface area contributed by atoms with Gasteiger partial charge in [-0.25, -0.2) is 0 Å². The van der Waals surface area contributed by atoms with E-state index in [1.807, 2.05) is 0 Å². The minimum absolute atomic E-state index is 0.0229. The van der Waals surface area contributed by atoms with Gasteiger partial charge >= 0.3 is 0 Å². The lowest BCUT2D eigenvalue weighted by Crippen LogP contribution is -2.05. The highest BCUT2D eigenvalue weighted by molar-refractivity contribution is 7.99. The second-order valence-corrected chi connectivity index (χ2v) is 5.13. The van der Waals surface area contributed by atoms with Gasteiger partial charge in [-0.1, -0.05) is 11.8 Å². The molecule has 0 radical (unpaired) electrons. The van der Waals surface area contributed by atoms with Gasteiger partial charge in [0.2, 0.25) is 5.16 Å². The van der Waals surface area contributed by atoms with Crippen molar-refractivity contribution in [3.8, 4) is 11.4 Å². The summed E-state index contributed by atoms with van der Waals surface area (Å²) >= 11 is 1.25. The van der Waals surface area contributed by atoms with Crippen LogP contribution in [0.1, 0.15) is 10.5 Å². The molecule has 0 amide bonds. The van der Waals surface area contributed by atoms with Crippen molar-refractivity contribution in [3.05, 3.63) is 48.3 Å². The van der Waals surface area contributed by atoms with E-state index in [9.17, 15) is 9.90 Å². The van der Waals surface area contributed by atoms with Crippen molar-refractivity contribution in [2.45, 2.75) is 5.16 Å². The number of aromatic hydroxyl groups is 1. The normalized spacial score (nSPS) is 10.7. The molecule has 0 bridgehead atoms. The zero-order valence-electron chi connectivity index (χ0n) is 10.8. The summed E-state index contributed by atoms with van der Waals surface area (Å²) in [5.74, 6) is 0.382. The lowest BCUT2D eigenvalue weighted by Gasteiger charge is -2.03. The number of Topliss-reactive ketones (excluding diaryl/α,β-unsaturated/α-hetero) is 1. The fourth-order valence-electron chi connectivity index (χ4n) is 1.74. The van der Waals surface area contributed by atoms with E-state index in [4.69, 9.17) is 0 Å². The van der Waals surface area contributed by atoms with Crippen molar-refractivity contribution < 1.29 is 9.90 Å². The largest absolute Gasteiger partial charge is 0.508 e. The molecule has 0 unspecified atom stereocenters. The minimum atomic E-state index is -0.0229. The van der Waals surface area contributed by atoms with Crippen molar-refractivity contribution in [1.29, 1.82) is 0 Å². The summed E-state index contributed by atoms with van der Waals surface area (Å²) in [7, 11) is 0. The zero-order valence-corrected chi connectivity index (χ0v) is 11.6. The van der Waals surface area contributed by atoms with Crippen LogP contribution in [-0.2, 0) is 0 Å². The first-order valence-corrected chi connectivity index (χ1v) is 7.10. The Kier molecular flexibility index (Phi) is 3.69. The van der Waals surface area contributed by atoms with Crippen LogP contribution in [0.5, 0.6) is 5.75 Å². The predicted molar refractivity (Wildman–Crippen MR) is 76.7 cm³/mol. The summed E-state index contributed by atoms with van der Waals surface area (Å²) in [5, 5.41) is 21.2. The molecule has 0 spiro atoms. The fourth-order valence-corrected chi connectivity index (χ4v) is 2.51. The van der Waals surface area contributed by atoms with Crippen LogP contribution in [0.2, 0.25) is 0 Å². The highest BCUT2D eigenvalue weighted by Gasteiger charge is 2.13. The Balaban J connectivity index is 1.74. The van der Waals surface area contributed by atoms with Crippen LogP contribution in [0.3, 0.4) is 0 Å². The molecule has 2 heterocycles. The van der Waals surface area contributed by atoms with E-state index in [0.29, 0.717) is 16.5 Å². The number of aromatic amines is 1. The highest BCUT2D eigenvalue weighted by Crippen LogP contribution is 2.20. The van der Waals surface area contributed by atoms with Crippen molar-refractivity contribution in [2.24, 2.45) is 0 Å². The number of thioether (sulfide) groups is 1. The third kappa shape index (κ3) is 2.95. The predicted octanol–water partition coefficient (Wildman–Crippen LogP) is 1.67. The number of nitrogens with one attached hydrogen (secondary N) is 1. The number of hydrogen-bond donors (Lipinski definition) is 2. The van der Waals surface area contributed by atoms with Crippen LogP contribution in [0.4, 0.5) is 0 Å². The summed E-state index contributed by atoms with van der Waals surface area (Å²) in [6.45, 7) is 0. The smallest absolute Gasteiger partial charge is 0.214 e. The van der Waals surface area contributed by atoms with Crippen LogP contribution in [0.25, 0.3) is 5.69 Å². The Morgan fingerprint density at radius 1 is 1.29 bits per heavy atom. The lowest BCUT2D eigenvalue weighted by atomic mass is 10.3. The molecule has 8 heteroatoms. The van der Waals surface area contributed by atoms with Gasteiger partial charge in [0.05, 0.1) is 17.1 Å². The van der Waals surface area contributed by atoms with E-state index in [1.54, 1.807) is 42.6 Å². The molecule has 2 N–H and O–H groups in total. The standard InChI is InChI=1S/C13H11N5O2S/c19-10-5-3-9(4-6-10)18-13(15-16-17-18)21-8-12(20)11-2-1-7-14-11/h1-7,14,19H,8H2. The van der Waals surface area contributed by atoms with Gasteiger partial charge in [0.15, 0.2) is 5.78 Å². The molecule has 7 nitrogen and oxygen atoms in total. The SMILES string of the molecule is O=C(CSc1nnnn1-c1ccc(O)cc1)c1ccc[nH]1. The number of rotatable bonds is 5. The molecular formula is C13H11N5O2S. The first kappa shape index (κ1) is 13.4. The summed E-state index contributed by atoms with van der Waals surface area (Å²) in [6, 6.07) is 10.0. The van der Waals surface area contributed by atoms with Crippen molar-refractivity contribution >= 4 is 17.5 Å². The molecule has 0 atom stereocenters. The van der Waals surface area contributed by atoms with E-state index in [1.165, 1.54) is 16.4 Å². The third-order valence-electron chi connectivity index (χ3n) is 2.77. The number of ketones is 1. The Bertz CT molecular complexity index is 736. The quantitative estimate of drug-likeness (QED) is 0.549. The van der Waals surface area contributed by atoms with E-state index in [2.05, 4.69) is 20.5 Å². The van der Waals surface area contributed by atoms with Crippen LogP contribution in [0.15, 0.2) is 47.8 Å². The molecule has 21 heavy (non-hydrogen) atoms. The number of hydrogen-bond acceptors (Lipinski definition) is 6. The molecule has 0 aliphatic rings. The van der Waals surface area contributed by atoms with E-state index >= 15 is 0 Å². The average molecular weight is 301 g/mol. The Hall–Kier alpha value is -2.61. The topological polar surface area (TPSA) is 96.7 Å². The zero-order chi connectivity index (χ0) is 14.7. The lowest BCUT2D eigenvalue weighted by molar-refractivity contribution is 0.101. The molecule has 106 valence electrons. The minimum Gasteiger partial charge on any atom is -0.508 e. The van der Waals surface area contributed by atoms with E-state index in [-0.39, 0.29) is 17.3 Å². The summed E-state index contributed by atoms with van der Waals surface area (Å²) < 4.78 is 1.52. The number of phenolic OH excluding ortho intramolecular Hbond substituents is 1. The van der Waals surface area contributed by atoms with Gasteiger partial charge < -0.3 is 10.1 Å². The molecule has 0 saturated carbocycles. The van der Waals surface area contributed by atoms with Gasteiger partial charge in [-0.15, -0.1) is 5.10 Å². The Labute approximate surface area is 124 Å². The number of benzene rings is 1. The van der Waals surface area contributed by atoms with Gasteiger partial charge in [-0.2, -0.15) is 4.68 Å². The first-order chi connectivity index (χ1) is 10.2. The molecular weight excluding hydrogens is 290 g/mol. The summed E-state index contributed by atoms with van der Waals surface area (Å²) in [4.78, 5) is 14.8. The molecule has 0 aliphatic carbocycles. The second kappa shape index (κ2) is 5.80. The molecule has 3 rings (SSSR count). The van der Waals surface area contributed by atoms with E-state index < -0.39 is 0 Å². The Morgan fingerprint density at radius 2 is 2.10 bits per heavy atom. The first-order valence-electron chi connectivity index (χ1n) is 6.11. The summed E-state index contributed by atoms with van der Waals surface area (Å²) in [6.07, 6.45) is 1.71. The number of H-pyrrole nitrogens is 1. The average Bonchev–Trinajstić information content (AvgIpc) is 3.17. The number of nitrogens with zero attached hydrogens (tertiary/aromatic N) is 4. The van der Waals surface area contributed by atoms with Gasteiger partial charge in [-0.05, 0) is 46.8 Å².